The molecule has 2 aromatic rings. The lowest BCUT2D eigenvalue weighted by atomic mass is 10.1. The fraction of sp³-hybridized carbons (Fsp3) is 0.182. The van der Waals surface area contributed by atoms with E-state index in [1.54, 1.807) is 6.29 Å². The predicted molar refractivity (Wildman–Crippen MR) is 67.9 cm³/mol. The van der Waals surface area contributed by atoms with Crippen LogP contribution in [0.5, 0.6) is 0 Å². The molecule has 93 valence electrons. The van der Waals surface area contributed by atoms with Crippen LogP contribution in [0.1, 0.15) is 5.56 Å². The summed E-state index contributed by atoms with van der Waals surface area (Å²) >= 11 is 0. The predicted octanol–water partition coefficient (Wildman–Crippen LogP) is 0.110. The lowest BCUT2D eigenvalue weighted by Crippen LogP contribution is -2.23. The van der Waals surface area contributed by atoms with Crippen LogP contribution in [-0.4, -0.2) is 27.5 Å². The summed E-state index contributed by atoms with van der Waals surface area (Å²) in [5, 5.41) is 9.34. The zero-order valence-corrected chi connectivity index (χ0v) is 9.55. The molecule has 1 aromatic heterocycles. The number of hydrogen-bond donors (Lipinski definition) is 4. The van der Waals surface area contributed by atoms with E-state index in [1.807, 2.05) is 24.3 Å². The van der Waals surface area contributed by atoms with Crippen LogP contribution in [0.2, 0.25) is 0 Å². The minimum Gasteiger partial charge on any atom is -0.366 e. The standard InChI is InChI=1S/C11H13N6O/c12-8(6-18)5-7-1-3-9(4-2-7)14-11-15-10(13)16-17-11/h1-4,8H,5,12H2,(H4,13,14,15,16,17)/t8-/m1/s1. The lowest BCUT2D eigenvalue weighted by molar-refractivity contribution is 0.541. The Morgan fingerprint density at radius 1 is 1.39 bits per heavy atom. The molecule has 0 fully saturated rings. The smallest absolute Gasteiger partial charge is 0.241 e. The first-order chi connectivity index (χ1) is 8.67. The van der Waals surface area contributed by atoms with E-state index in [9.17, 15) is 4.79 Å². The van der Waals surface area contributed by atoms with Gasteiger partial charge in [0.15, 0.2) is 0 Å². The number of nitrogens with two attached hydrogens (primary N) is 2. The van der Waals surface area contributed by atoms with E-state index in [0.29, 0.717) is 12.4 Å². The second-order valence-corrected chi connectivity index (χ2v) is 3.79. The van der Waals surface area contributed by atoms with Crippen molar-refractivity contribution in [2.45, 2.75) is 12.5 Å². The van der Waals surface area contributed by atoms with Crippen molar-refractivity contribution in [1.82, 2.24) is 15.2 Å². The zero-order chi connectivity index (χ0) is 13.0. The van der Waals surface area contributed by atoms with Gasteiger partial charge in [-0.1, -0.05) is 12.1 Å². The van der Waals surface area contributed by atoms with Crippen molar-refractivity contribution >= 4 is 23.9 Å². The Labute approximate surface area is 104 Å². The molecule has 2 rings (SSSR count). The molecule has 0 spiro atoms. The van der Waals surface area contributed by atoms with Crippen molar-refractivity contribution in [2.75, 3.05) is 11.1 Å². The van der Waals surface area contributed by atoms with Crippen molar-refractivity contribution in [3.63, 3.8) is 0 Å². The zero-order valence-electron chi connectivity index (χ0n) is 9.55. The molecule has 1 aromatic carbocycles. The minimum atomic E-state index is -0.585. The van der Waals surface area contributed by atoms with Gasteiger partial charge in [-0.25, -0.2) is 5.10 Å². The fourth-order valence-corrected chi connectivity index (χ4v) is 1.49. The molecule has 0 aliphatic heterocycles. The average Bonchev–Trinajstić information content (AvgIpc) is 2.77. The molecule has 7 heteroatoms. The molecular formula is C11H13N6O. The summed E-state index contributed by atoms with van der Waals surface area (Å²) in [5.74, 6) is 0.653. The maximum absolute atomic E-state index is 10.3. The summed E-state index contributed by atoms with van der Waals surface area (Å²) < 4.78 is 0. The highest BCUT2D eigenvalue weighted by molar-refractivity contribution is 5.59. The van der Waals surface area contributed by atoms with E-state index < -0.39 is 6.04 Å². The molecule has 6 N–H and O–H groups in total. The number of anilines is 3. The van der Waals surface area contributed by atoms with Gasteiger partial charge in [0.05, 0.1) is 6.04 Å². The maximum Gasteiger partial charge on any atom is 0.241 e. The second kappa shape index (κ2) is 5.28. The number of hydrogen-bond acceptors (Lipinski definition) is 6. The monoisotopic (exact) mass is 245 g/mol. The Hall–Kier alpha value is -2.41. The van der Waals surface area contributed by atoms with Crippen molar-refractivity contribution < 1.29 is 4.79 Å². The van der Waals surface area contributed by atoms with E-state index >= 15 is 0 Å². The molecule has 0 bridgehead atoms. The van der Waals surface area contributed by atoms with Gasteiger partial charge in [0.25, 0.3) is 0 Å². The van der Waals surface area contributed by atoms with Gasteiger partial charge in [-0.3, -0.25) is 4.79 Å². The van der Waals surface area contributed by atoms with Crippen LogP contribution in [0.15, 0.2) is 24.3 Å². The molecular weight excluding hydrogens is 232 g/mol. The molecule has 18 heavy (non-hydrogen) atoms. The molecule has 0 saturated carbocycles. The first-order valence-electron chi connectivity index (χ1n) is 5.34. The van der Waals surface area contributed by atoms with Gasteiger partial charge in [0.1, 0.15) is 0 Å². The highest BCUT2D eigenvalue weighted by atomic mass is 16.1. The molecule has 0 amide bonds. The number of aromatic amines is 1. The number of aromatic nitrogens is 3. The van der Waals surface area contributed by atoms with Crippen molar-refractivity contribution in [1.29, 1.82) is 0 Å². The Balaban J connectivity index is 2.01. The lowest BCUT2D eigenvalue weighted by Gasteiger charge is -2.06. The topological polar surface area (TPSA) is 123 Å². The highest BCUT2D eigenvalue weighted by Gasteiger charge is 2.04. The molecule has 0 saturated heterocycles. The average molecular weight is 245 g/mol. The third kappa shape index (κ3) is 3.05. The minimum absolute atomic E-state index is 0.182. The van der Waals surface area contributed by atoms with E-state index in [0.717, 1.165) is 11.3 Å². The first kappa shape index (κ1) is 12.1. The summed E-state index contributed by atoms with van der Waals surface area (Å²) in [6, 6.07) is 6.87. The second-order valence-electron chi connectivity index (χ2n) is 3.79. The summed E-state index contributed by atoms with van der Waals surface area (Å²) in [7, 11) is 0. The summed E-state index contributed by atoms with van der Waals surface area (Å²) in [5.41, 5.74) is 12.7. The van der Waals surface area contributed by atoms with Crippen LogP contribution in [0.3, 0.4) is 0 Å². The largest absolute Gasteiger partial charge is 0.366 e. The number of H-pyrrole nitrogens is 1. The van der Waals surface area contributed by atoms with E-state index in [-0.39, 0.29) is 5.95 Å². The molecule has 7 nitrogen and oxygen atoms in total. The maximum atomic E-state index is 10.3. The molecule has 1 radical (unpaired) electrons. The molecule has 0 aliphatic rings. The Kier molecular flexibility index (Phi) is 3.54. The van der Waals surface area contributed by atoms with Gasteiger partial charge in [-0.2, -0.15) is 4.98 Å². The van der Waals surface area contributed by atoms with Gasteiger partial charge < -0.3 is 16.8 Å². The molecule has 0 unspecified atom stereocenters. The van der Waals surface area contributed by atoms with Crippen molar-refractivity contribution in [2.24, 2.45) is 5.73 Å². The van der Waals surface area contributed by atoms with Crippen LogP contribution >= 0.6 is 0 Å². The Bertz CT molecular complexity index is 521. The van der Waals surface area contributed by atoms with Crippen LogP contribution in [-0.2, 0) is 11.2 Å². The van der Waals surface area contributed by atoms with Gasteiger partial charge in [-0.15, -0.1) is 5.10 Å². The normalized spacial score (nSPS) is 12.1. The highest BCUT2D eigenvalue weighted by Crippen LogP contribution is 2.14. The Morgan fingerprint density at radius 3 is 2.67 bits per heavy atom. The van der Waals surface area contributed by atoms with Gasteiger partial charge in [0.2, 0.25) is 18.2 Å². The number of nitrogens with zero attached hydrogens (tertiary/aromatic N) is 2. The van der Waals surface area contributed by atoms with E-state index in [4.69, 9.17) is 11.5 Å². The van der Waals surface area contributed by atoms with Crippen LogP contribution in [0.25, 0.3) is 0 Å². The van der Waals surface area contributed by atoms with E-state index in [2.05, 4.69) is 20.5 Å². The molecule has 1 heterocycles. The Morgan fingerprint density at radius 2 is 2.11 bits per heavy atom. The number of nitrogens with one attached hydrogen (secondary N) is 2. The van der Waals surface area contributed by atoms with Gasteiger partial charge >= 0.3 is 0 Å². The molecule has 1 atom stereocenters. The summed E-state index contributed by atoms with van der Waals surface area (Å²) in [4.78, 5) is 14.2. The number of nitrogen functional groups attached to an aromatic ring is 1. The van der Waals surface area contributed by atoms with Crippen LogP contribution < -0.4 is 16.8 Å². The van der Waals surface area contributed by atoms with E-state index in [1.165, 1.54) is 0 Å². The SMILES string of the molecule is Nc1n[nH]c(Nc2ccc(C[C@@H](N)[C]=O)cc2)n1. The van der Waals surface area contributed by atoms with Crippen LogP contribution in [0, 0.1) is 0 Å². The third-order valence-electron chi connectivity index (χ3n) is 2.33. The third-order valence-corrected chi connectivity index (χ3v) is 2.33. The molecule has 0 aliphatic carbocycles. The van der Waals surface area contributed by atoms with Crippen molar-refractivity contribution in [3.8, 4) is 0 Å². The van der Waals surface area contributed by atoms with Crippen LogP contribution in [0.4, 0.5) is 17.6 Å². The quantitative estimate of drug-likeness (QED) is 0.593. The summed E-state index contributed by atoms with van der Waals surface area (Å²) in [6.07, 6.45) is 2.22. The fourth-order valence-electron chi connectivity index (χ4n) is 1.49. The number of rotatable bonds is 5. The van der Waals surface area contributed by atoms with Gasteiger partial charge in [0, 0.05) is 5.69 Å². The summed E-state index contributed by atoms with van der Waals surface area (Å²) in [6.45, 7) is 0. The number of carbonyl (C=O) groups excluding carboxylic acids is 1. The van der Waals surface area contributed by atoms with Gasteiger partial charge in [-0.05, 0) is 24.1 Å². The first-order valence-corrected chi connectivity index (χ1v) is 5.34. The van der Waals surface area contributed by atoms with Crippen molar-refractivity contribution in [3.05, 3.63) is 29.8 Å². The number of benzene rings is 1.